The van der Waals surface area contributed by atoms with E-state index in [0.717, 1.165) is 35.6 Å². The number of nitrogens with zero attached hydrogens (tertiary/aromatic N) is 3. The third kappa shape index (κ3) is 2.05. The number of likely N-dealkylation sites (N-methyl/N-ethyl adjacent to an activating group) is 1. The van der Waals surface area contributed by atoms with Gasteiger partial charge in [-0.05, 0) is 26.0 Å². The Morgan fingerprint density at radius 3 is 2.70 bits per heavy atom. The molecule has 1 aromatic carbocycles. The molecule has 0 unspecified atom stereocenters. The average Bonchev–Trinajstić information content (AvgIpc) is 3.06. The quantitative estimate of drug-likeness (QED) is 0.849. The number of aromatic nitrogens is 2. The molecule has 0 aliphatic carbocycles. The molecule has 0 radical (unpaired) electrons. The summed E-state index contributed by atoms with van der Waals surface area (Å²) in [5.41, 5.74) is 4.40. The van der Waals surface area contributed by atoms with Crippen LogP contribution in [0.25, 0.3) is 11.1 Å². The largest absolute Gasteiger partial charge is 0.492 e. The summed E-state index contributed by atoms with van der Waals surface area (Å²) in [6, 6.07) is 0.242. The molecule has 120 valence electrons. The minimum absolute atomic E-state index is 0.208. The van der Waals surface area contributed by atoms with Gasteiger partial charge in [-0.1, -0.05) is 0 Å². The first-order valence-electron chi connectivity index (χ1n) is 7.70. The van der Waals surface area contributed by atoms with Crippen molar-refractivity contribution in [2.45, 2.75) is 19.4 Å². The lowest BCUT2D eigenvalue weighted by Gasteiger charge is -2.35. The SMILES string of the molecule is COc1c2c(c(-c3cncnc3)c3c1[C@H](C)N(C)CC3)OCO2. The first-order chi connectivity index (χ1) is 11.2. The van der Waals surface area contributed by atoms with Crippen molar-refractivity contribution in [1.82, 2.24) is 14.9 Å². The normalized spacial score (nSPS) is 19.5. The van der Waals surface area contributed by atoms with Crippen molar-refractivity contribution in [3.05, 3.63) is 29.8 Å². The number of hydrogen-bond acceptors (Lipinski definition) is 6. The number of rotatable bonds is 2. The van der Waals surface area contributed by atoms with Gasteiger partial charge >= 0.3 is 0 Å². The van der Waals surface area contributed by atoms with Gasteiger partial charge in [-0.25, -0.2) is 9.97 Å². The molecule has 6 heteroatoms. The lowest BCUT2D eigenvalue weighted by molar-refractivity contribution is 0.171. The summed E-state index contributed by atoms with van der Waals surface area (Å²) in [6.07, 6.45) is 6.10. The minimum Gasteiger partial charge on any atom is -0.492 e. The number of fused-ring (bicyclic) bond motifs is 2. The van der Waals surface area contributed by atoms with E-state index in [4.69, 9.17) is 14.2 Å². The van der Waals surface area contributed by atoms with Crippen molar-refractivity contribution in [1.29, 1.82) is 0 Å². The van der Waals surface area contributed by atoms with Crippen molar-refractivity contribution in [2.24, 2.45) is 0 Å². The summed E-state index contributed by atoms with van der Waals surface area (Å²) in [4.78, 5) is 10.6. The number of benzene rings is 1. The second-order valence-electron chi connectivity index (χ2n) is 5.90. The molecule has 0 fully saturated rings. The minimum atomic E-state index is 0.208. The summed E-state index contributed by atoms with van der Waals surface area (Å²) in [5, 5.41) is 0. The fraction of sp³-hybridized carbons (Fsp3) is 0.412. The van der Waals surface area contributed by atoms with E-state index in [9.17, 15) is 0 Å². The Bertz CT molecular complexity index is 749. The van der Waals surface area contributed by atoms with Crippen LogP contribution < -0.4 is 14.2 Å². The van der Waals surface area contributed by atoms with Crippen LogP contribution >= 0.6 is 0 Å². The molecule has 2 aromatic rings. The lowest BCUT2D eigenvalue weighted by Crippen LogP contribution is -2.31. The maximum atomic E-state index is 5.78. The van der Waals surface area contributed by atoms with E-state index in [0.29, 0.717) is 5.75 Å². The van der Waals surface area contributed by atoms with Crippen molar-refractivity contribution in [2.75, 3.05) is 27.5 Å². The van der Waals surface area contributed by atoms with Crippen LogP contribution in [0.1, 0.15) is 24.1 Å². The monoisotopic (exact) mass is 313 g/mol. The molecule has 23 heavy (non-hydrogen) atoms. The molecule has 2 aliphatic rings. The number of ether oxygens (including phenoxy) is 3. The second-order valence-corrected chi connectivity index (χ2v) is 5.90. The Kier molecular flexibility index (Phi) is 3.34. The third-order valence-corrected chi connectivity index (χ3v) is 4.76. The van der Waals surface area contributed by atoms with Crippen LogP contribution in [0.5, 0.6) is 17.2 Å². The number of methoxy groups -OCH3 is 1. The van der Waals surface area contributed by atoms with E-state index in [1.807, 2.05) is 12.4 Å². The van der Waals surface area contributed by atoms with Crippen molar-refractivity contribution < 1.29 is 14.2 Å². The Morgan fingerprint density at radius 2 is 1.96 bits per heavy atom. The topological polar surface area (TPSA) is 56.7 Å². The van der Waals surface area contributed by atoms with E-state index < -0.39 is 0 Å². The van der Waals surface area contributed by atoms with Crippen molar-refractivity contribution in [3.63, 3.8) is 0 Å². The standard InChI is InChI=1S/C17H19N3O3/c1-10-13-12(4-5-20(10)2)14(11-6-18-8-19-7-11)16-17(15(13)21-3)23-9-22-16/h6-8,10H,4-5,9H2,1-3H3/t10-/m0/s1. The molecule has 4 rings (SSSR count). The highest BCUT2D eigenvalue weighted by Crippen LogP contribution is 2.54. The molecule has 0 N–H and O–H groups in total. The van der Waals surface area contributed by atoms with Crippen molar-refractivity contribution >= 4 is 0 Å². The zero-order valence-corrected chi connectivity index (χ0v) is 13.5. The fourth-order valence-corrected chi connectivity index (χ4v) is 3.50. The van der Waals surface area contributed by atoms with Gasteiger partial charge in [0.15, 0.2) is 11.5 Å². The van der Waals surface area contributed by atoms with Crippen LogP contribution in [-0.4, -0.2) is 42.4 Å². The maximum absolute atomic E-state index is 5.78. The average molecular weight is 313 g/mol. The van der Waals surface area contributed by atoms with Crippen LogP contribution in [0, 0.1) is 0 Å². The molecule has 0 saturated carbocycles. The summed E-state index contributed by atoms with van der Waals surface area (Å²) < 4.78 is 17.2. The van der Waals surface area contributed by atoms with Gasteiger partial charge in [-0.3, -0.25) is 4.90 Å². The molecule has 1 atom stereocenters. The van der Waals surface area contributed by atoms with Gasteiger partial charge in [0, 0.05) is 41.7 Å². The van der Waals surface area contributed by atoms with E-state index in [1.165, 1.54) is 17.5 Å². The molecule has 1 aromatic heterocycles. The van der Waals surface area contributed by atoms with Gasteiger partial charge < -0.3 is 14.2 Å². The second kappa shape index (κ2) is 5.38. The zero-order valence-electron chi connectivity index (χ0n) is 13.5. The summed E-state index contributed by atoms with van der Waals surface area (Å²) >= 11 is 0. The van der Waals surface area contributed by atoms with Crippen LogP contribution in [0.15, 0.2) is 18.7 Å². The summed E-state index contributed by atoms with van der Waals surface area (Å²) in [7, 11) is 3.81. The van der Waals surface area contributed by atoms with Crippen LogP contribution in [0.4, 0.5) is 0 Å². The fourth-order valence-electron chi connectivity index (χ4n) is 3.50. The van der Waals surface area contributed by atoms with Gasteiger partial charge in [0.05, 0.1) is 7.11 Å². The van der Waals surface area contributed by atoms with Crippen molar-refractivity contribution in [3.8, 4) is 28.4 Å². The highest BCUT2D eigenvalue weighted by atomic mass is 16.7. The molecular formula is C17H19N3O3. The molecule has 2 aliphatic heterocycles. The maximum Gasteiger partial charge on any atom is 0.231 e. The van der Waals surface area contributed by atoms with Gasteiger partial charge in [0.25, 0.3) is 0 Å². The molecule has 0 bridgehead atoms. The highest BCUT2D eigenvalue weighted by Gasteiger charge is 2.36. The Labute approximate surface area is 135 Å². The van der Waals surface area contributed by atoms with Gasteiger partial charge in [-0.2, -0.15) is 0 Å². The van der Waals surface area contributed by atoms with Crippen LogP contribution in [0.2, 0.25) is 0 Å². The van der Waals surface area contributed by atoms with E-state index in [1.54, 1.807) is 7.11 Å². The predicted molar refractivity (Wildman–Crippen MR) is 84.9 cm³/mol. The van der Waals surface area contributed by atoms with E-state index in [2.05, 4.69) is 28.8 Å². The van der Waals surface area contributed by atoms with Gasteiger partial charge in [0.2, 0.25) is 12.5 Å². The van der Waals surface area contributed by atoms with E-state index in [-0.39, 0.29) is 12.8 Å². The first-order valence-corrected chi connectivity index (χ1v) is 7.70. The van der Waals surface area contributed by atoms with Crippen LogP contribution in [0.3, 0.4) is 0 Å². The third-order valence-electron chi connectivity index (χ3n) is 4.76. The first kappa shape index (κ1) is 14.3. The Morgan fingerprint density at radius 1 is 1.22 bits per heavy atom. The number of hydrogen-bond donors (Lipinski definition) is 0. The Hall–Kier alpha value is -2.34. The molecule has 6 nitrogen and oxygen atoms in total. The lowest BCUT2D eigenvalue weighted by atomic mass is 9.86. The molecule has 0 spiro atoms. The van der Waals surface area contributed by atoms with Crippen LogP contribution in [-0.2, 0) is 6.42 Å². The summed E-state index contributed by atoms with van der Waals surface area (Å²) in [5.74, 6) is 2.21. The Balaban J connectivity index is 2.06. The smallest absolute Gasteiger partial charge is 0.231 e. The molecular weight excluding hydrogens is 294 g/mol. The zero-order chi connectivity index (χ0) is 16.0. The summed E-state index contributed by atoms with van der Waals surface area (Å²) in [6.45, 7) is 3.38. The van der Waals surface area contributed by atoms with E-state index >= 15 is 0 Å². The highest BCUT2D eigenvalue weighted by molar-refractivity contribution is 5.82. The molecule has 3 heterocycles. The van der Waals surface area contributed by atoms with Gasteiger partial charge in [0.1, 0.15) is 6.33 Å². The molecule has 0 amide bonds. The van der Waals surface area contributed by atoms with Gasteiger partial charge in [-0.15, -0.1) is 0 Å². The predicted octanol–water partition coefficient (Wildman–Crippen LogP) is 2.43. The molecule has 0 saturated heterocycles.